The van der Waals surface area contributed by atoms with Crippen LogP contribution < -0.4 is 16.8 Å². The maximum Gasteiger partial charge on any atom is 0.224 e. The van der Waals surface area contributed by atoms with Gasteiger partial charge in [0.1, 0.15) is 11.6 Å². The number of nitrogens with two attached hydrogens (primary N) is 2. The van der Waals surface area contributed by atoms with E-state index in [4.69, 9.17) is 11.5 Å². The molecule has 1 atom stereocenters. The molecule has 0 aliphatic rings. The first-order chi connectivity index (χ1) is 9.13. The first-order valence-corrected chi connectivity index (χ1v) is 5.67. The topological polar surface area (TPSA) is 147 Å². The zero-order valence-corrected chi connectivity index (χ0v) is 10.2. The van der Waals surface area contributed by atoms with Crippen LogP contribution in [-0.2, 0) is 0 Å². The monoisotopic (exact) mass is 259 g/mol. The fraction of sp³-hybridized carbons (Fsp3) is 0.200. The quantitative estimate of drug-likeness (QED) is 0.457. The van der Waals surface area contributed by atoms with E-state index in [1.165, 1.54) is 0 Å². The van der Waals surface area contributed by atoms with Gasteiger partial charge in [-0.05, 0) is 6.92 Å². The Labute approximate surface area is 107 Å². The van der Waals surface area contributed by atoms with Crippen LogP contribution in [0.15, 0.2) is 12.3 Å². The van der Waals surface area contributed by atoms with Crippen molar-refractivity contribution in [3.63, 3.8) is 0 Å². The Bertz CT molecular complexity index is 713. The van der Waals surface area contributed by atoms with Crippen molar-refractivity contribution in [3.8, 4) is 0 Å². The number of nitrogens with zero attached hydrogens (tertiary/aromatic N) is 4. The fourth-order valence-electron chi connectivity index (χ4n) is 1.82. The molecule has 9 heteroatoms. The first-order valence-electron chi connectivity index (χ1n) is 5.67. The lowest BCUT2D eigenvalue weighted by Gasteiger charge is -2.13. The molecule has 0 amide bonds. The Morgan fingerprint density at radius 3 is 2.84 bits per heavy atom. The number of nitrogens with one attached hydrogen (secondary N) is 3. The summed E-state index contributed by atoms with van der Waals surface area (Å²) in [5.74, 6) is 1.23. The summed E-state index contributed by atoms with van der Waals surface area (Å²) >= 11 is 0. The van der Waals surface area contributed by atoms with E-state index in [1.807, 2.05) is 6.92 Å². The number of aromatic nitrogens is 6. The van der Waals surface area contributed by atoms with E-state index in [1.54, 1.807) is 12.3 Å². The van der Waals surface area contributed by atoms with Gasteiger partial charge in [0, 0.05) is 6.07 Å². The van der Waals surface area contributed by atoms with Crippen LogP contribution >= 0.6 is 0 Å². The van der Waals surface area contributed by atoms with E-state index in [9.17, 15) is 0 Å². The lowest BCUT2D eigenvalue weighted by molar-refractivity contribution is 0.821. The molecule has 0 aliphatic carbocycles. The predicted octanol–water partition coefficient (Wildman–Crippen LogP) is 0.413. The van der Waals surface area contributed by atoms with Gasteiger partial charge in [0.2, 0.25) is 5.95 Å². The third-order valence-electron chi connectivity index (χ3n) is 2.76. The van der Waals surface area contributed by atoms with Crippen molar-refractivity contribution in [2.75, 3.05) is 16.8 Å². The van der Waals surface area contributed by atoms with Crippen LogP contribution in [0.3, 0.4) is 0 Å². The maximum absolute atomic E-state index is 5.65. The average Bonchev–Trinajstić information content (AvgIpc) is 2.97. The molecule has 0 aromatic carbocycles. The molecule has 0 aliphatic heterocycles. The zero-order chi connectivity index (χ0) is 13.4. The predicted molar refractivity (Wildman–Crippen MR) is 71.1 cm³/mol. The molecule has 3 aromatic heterocycles. The minimum Gasteiger partial charge on any atom is -0.382 e. The zero-order valence-electron chi connectivity index (χ0n) is 10.2. The third kappa shape index (κ3) is 2.01. The second-order valence-corrected chi connectivity index (χ2v) is 4.18. The van der Waals surface area contributed by atoms with Gasteiger partial charge in [-0.1, -0.05) is 0 Å². The van der Waals surface area contributed by atoms with Gasteiger partial charge in [-0.15, -0.1) is 0 Å². The Kier molecular flexibility index (Phi) is 2.44. The Morgan fingerprint density at radius 1 is 1.26 bits per heavy atom. The molecule has 0 saturated carbocycles. The highest BCUT2D eigenvalue weighted by atomic mass is 15.2. The molecule has 9 nitrogen and oxygen atoms in total. The molecule has 1 unspecified atom stereocenters. The van der Waals surface area contributed by atoms with Crippen molar-refractivity contribution in [2.24, 2.45) is 0 Å². The van der Waals surface area contributed by atoms with Crippen molar-refractivity contribution < 1.29 is 0 Å². The number of nitrogen functional groups attached to an aromatic ring is 2. The fourth-order valence-corrected chi connectivity index (χ4v) is 1.82. The van der Waals surface area contributed by atoms with E-state index in [2.05, 4.69) is 35.7 Å². The lowest BCUT2D eigenvalue weighted by Crippen LogP contribution is -2.10. The van der Waals surface area contributed by atoms with E-state index < -0.39 is 0 Å². The molecule has 0 bridgehead atoms. The molecule has 98 valence electrons. The summed E-state index contributed by atoms with van der Waals surface area (Å²) < 4.78 is 0. The second-order valence-electron chi connectivity index (χ2n) is 4.18. The van der Waals surface area contributed by atoms with Crippen molar-refractivity contribution in [2.45, 2.75) is 13.0 Å². The Balaban J connectivity index is 1.94. The summed E-state index contributed by atoms with van der Waals surface area (Å²) in [6, 6.07) is 1.70. The summed E-state index contributed by atoms with van der Waals surface area (Å²) in [4.78, 5) is 8.22. The average molecular weight is 259 g/mol. The van der Waals surface area contributed by atoms with E-state index in [0.717, 1.165) is 11.1 Å². The molecule has 0 saturated heterocycles. The summed E-state index contributed by atoms with van der Waals surface area (Å²) in [6.45, 7) is 1.96. The molecule has 7 N–H and O–H groups in total. The lowest BCUT2D eigenvalue weighted by atomic mass is 10.2. The standard InChI is InChI=1S/C10H13N9/c1-4(6-2-7(11)18-17-6)14-8-5-3-13-19-9(5)16-10(12)15-8/h2-4H,1H3,(H3,11,17,18)(H4,12,13,14,15,16,19). The van der Waals surface area contributed by atoms with Crippen LogP contribution in [-0.4, -0.2) is 30.4 Å². The van der Waals surface area contributed by atoms with E-state index in [-0.39, 0.29) is 12.0 Å². The van der Waals surface area contributed by atoms with Crippen LogP contribution in [0.2, 0.25) is 0 Å². The first kappa shape index (κ1) is 11.3. The summed E-state index contributed by atoms with van der Waals surface area (Å²) in [5.41, 5.74) is 12.7. The molecule has 3 heterocycles. The number of fused-ring (bicyclic) bond motifs is 1. The summed E-state index contributed by atoms with van der Waals surface area (Å²) in [6.07, 6.45) is 1.64. The van der Waals surface area contributed by atoms with Gasteiger partial charge in [-0.3, -0.25) is 10.2 Å². The van der Waals surface area contributed by atoms with Crippen LogP contribution in [0, 0.1) is 0 Å². The Morgan fingerprint density at radius 2 is 2.11 bits per heavy atom. The molecule has 19 heavy (non-hydrogen) atoms. The van der Waals surface area contributed by atoms with Crippen LogP contribution in [0.5, 0.6) is 0 Å². The number of anilines is 3. The normalized spacial score (nSPS) is 12.7. The maximum atomic E-state index is 5.65. The van der Waals surface area contributed by atoms with Gasteiger partial charge >= 0.3 is 0 Å². The molecular formula is C10H13N9. The van der Waals surface area contributed by atoms with Gasteiger partial charge in [-0.2, -0.15) is 20.2 Å². The minimum atomic E-state index is -0.0581. The summed E-state index contributed by atoms with van der Waals surface area (Å²) in [5, 5.41) is 17.4. The SMILES string of the molecule is CC(Nc1nc(N)nc2[nH]ncc12)c1cc(N)n[nH]1. The van der Waals surface area contributed by atoms with Crippen LogP contribution in [0.4, 0.5) is 17.6 Å². The van der Waals surface area contributed by atoms with Gasteiger partial charge in [0.05, 0.1) is 23.3 Å². The number of hydrogen-bond acceptors (Lipinski definition) is 7. The highest BCUT2D eigenvalue weighted by molar-refractivity contribution is 5.86. The molecule has 3 aromatic rings. The molecule has 0 spiro atoms. The molecule has 3 rings (SSSR count). The highest BCUT2D eigenvalue weighted by Gasteiger charge is 2.13. The molecule has 0 radical (unpaired) electrons. The smallest absolute Gasteiger partial charge is 0.224 e. The van der Waals surface area contributed by atoms with Crippen molar-refractivity contribution in [1.29, 1.82) is 0 Å². The number of hydrogen-bond donors (Lipinski definition) is 5. The number of aromatic amines is 2. The van der Waals surface area contributed by atoms with Crippen LogP contribution in [0.1, 0.15) is 18.7 Å². The third-order valence-corrected chi connectivity index (χ3v) is 2.76. The molecular weight excluding hydrogens is 246 g/mol. The van der Waals surface area contributed by atoms with Gasteiger partial charge in [0.25, 0.3) is 0 Å². The highest BCUT2D eigenvalue weighted by Crippen LogP contribution is 2.23. The number of rotatable bonds is 3. The second kappa shape index (κ2) is 4.12. The van der Waals surface area contributed by atoms with E-state index in [0.29, 0.717) is 17.3 Å². The van der Waals surface area contributed by atoms with Gasteiger partial charge in [-0.25, -0.2) is 0 Å². The van der Waals surface area contributed by atoms with Crippen molar-refractivity contribution >= 4 is 28.6 Å². The molecule has 0 fully saturated rings. The number of H-pyrrole nitrogens is 2. The van der Waals surface area contributed by atoms with Crippen LogP contribution in [0.25, 0.3) is 11.0 Å². The minimum absolute atomic E-state index is 0.0581. The largest absolute Gasteiger partial charge is 0.382 e. The van der Waals surface area contributed by atoms with Crippen molar-refractivity contribution in [1.82, 2.24) is 30.4 Å². The summed E-state index contributed by atoms with van der Waals surface area (Å²) in [7, 11) is 0. The van der Waals surface area contributed by atoms with E-state index >= 15 is 0 Å². The van der Waals surface area contributed by atoms with Gasteiger partial charge < -0.3 is 16.8 Å². The van der Waals surface area contributed by atoms with Crippen molar-refractivity contribution in [3.05, 3.63) is 18.0 Å². The Hall–Kier alpha value is -2.84. The van der Waals surface area contributed by atoms with Gasteiger partial charge in [0.15, 0.2) is 5.65 Å².